The molecule has 156 valence electrons. The van der Waals surface area contributed by atoms with E-state index >= 15 is 0 Å². The van der Waals surface area contributed by atoms with E-state index in [9.17, 15) is 4.79 Å². The topological polar surface area (TPSA) is 69.2 Å². The van der Waals surface area contributed by atoms with Crippen molar-refractivity contribution in [2.24, 2.45) is 4.99 Å². The number of guanidine groups is 1. The van der Waals surface area contributed by atoms with Crippen LogP contribution in [0.3, 0.4) is 0 Å². The number of morpholine rings is 1. The van der Waals surface area contributed by atoms with Gasteiger partial charge in [-0.25, -0.2) is 4.99 Å². The maximum atomic E-state index is 12.6. The minimum Gasteiger partial charge on any atom is -0.379 e. The standard InChI is InChI=1S/C20H31N5O2.HI/c1-2-21-20(22-8-10-24-11-13-27-14-12-24)23-15-19(26)25-9-7-17-5-3-4-6-18(17)16-25;/h3-6H,2,7-16H2,1H3,(H2,21,22,23);1H. The molecule has 1 aromatic carbocycles. The Balaban J connectivity index is 0.00000280. The highest BCUT2D eigenvalue weighted by Gasteiger charge is 2.20. The summed E-state index contributed by atoms with van der Waals surface area (Å²) in [4.78, 5) is 21.3. The van der Waals surface area contributed by atoms with Crippen LogP contribution in [0.2, 0.25) is 0 Å². The van der Waals surface area contributed by atoms with Crippen LogP contribution in [-0.2, 0) is 22.5 Å². The fraction of sp³-hybridized carbons (Fsp3) is 0.600. The summed E-state index contributed by atoms with van der Waals surface area (Å²) in [5, 5.41) is 6.55. The molecule has 2 heterocycles. The molecule has 0 bridgehead atoms. The molecule has 0 aromatic heterocycles. The Bertz CT molecular complexity index is 649. The Kier molecular flexibility index (Phi) is 10.0. The van der Waals surface area contributed by atoms with Crippen LogP contribution in [0.1, 0.15) is 18.1 Å². The van der Waals surface area contributed by atoms with Crippen LogP contribution >= 0.6 is 24.0 Å². The quantitative estimate of drug-likeness (QED) is 0.347. The summed E-state index contributed by atoms with van der Waals surface area (Å²) in [6.45, 7) is 9.75. The molecule has 7 nitrogen and oxygen atoms in total. The zero-order valence-electron chi connectivity index (χ0n) is 16.7. The number of nitrogens with zero attached hydrogens (tertiary/aromatic N) is 3. The molecule has 0 aliphatic carbocycles. The van der Waals surface area contributed by atoms with E-state index in [4.69, 9.17) is 4.74 Å². The highest BCUT2D eigenvalue weighted by Crippen LogP contribution is 2.18. The molecule has 28 heavy (non-hydrogen) atoms. The minimum absolute atomic E-state index is 0. The van der Waals surface area contributed by atoms with Gasteiger partial charge in [-0.3, -0.25) is 9.69 Å². The molecule has 2 aliphatic heterocycles. The number of halogens is 1. The summed E-state index contributed by atoms with van der Waals surface area (Å²) in [7, 11) is 0. The third kappa shape index (κ3) is 6.89. The first-order chi connectivity index (χ1) is 13.3. The highest BCUT2D eigenvalue weighted by atomic mass is 127. The third-order valence-electron chi connectivity index (χ3n) is 5.02. The number of nitrogens with one attached hydrogen (secondary N) is 2. The number of carbonyl (C=O) groups excluding carboxylic acids is 1. The van der Waals surface area contributed by atoms with Gasteiger partial charge in [-0.15, -0.1) is 24.0 Å². The molecular weight excluding hydrogens is 469 g/mol. The second kappa shape index (κ2) is 12.2. The maximum Gasteiger partial charge on any atom is 0.244 e. The number of amides is 1. The molecule has 0 saturated carbocycles. The van der Waals surface area contributed by atoms with Crippen LogP contribution in [-0.4, -0.2) is 80.7 Å². The average Bonchev–Trinajstić information content (AvgIpc) is 2.72. The van der Waals surface area contributed by atoms with Crippen molar-refractivity contribution in [2.45, 2.75) is 19.9 Å². The molecule has 0 unspecified atom stereocenters. The van der Waals surface area contributed by atoms with Gasteiger partial charge in [0.15, 0.2) is 5.96 Å². The number of benzene rings is 1. The van der Waals surface area contributed by atoms with E-state index in [1.807, 2.05) is 17.9 Å². The molecule has 0 radical (unpaired) electrons. The van der Waals surface area contributed by atoms with Gasteiger partial charge in [0.05, 0.1) is 13.2 Å². The number of carbonyl (C=O) groups is 1. The zero-order valence-corrected chi connectivity index (χ0v) is 19.0. The number of hydrogen-bond acceptors (Lipinski definition) is 4. The van der Waals surface area contributed by atoms with E-state index in [2.05, 4.69) is 38.7 Å². The first-order valence-electron chi connectivity index (χ1n) is 9.93. The molecule has 3 rings (SSSR count). The molecule has 0 atom stereocenters. The maximum absolute atomic E-state index is 12.6. The van der Waals surface area contributed by atoms with Crippen molar-refractivity contribution in [1.82, 2.24) is 20.4 Å². The van der Waals surface area contributed by atoms with Crippen LogP contribution in [0.5, 0.6) is 0 Å². The molecule has 1 amide bonds. The Morgan fingerprint density at radius 1 is 1.14 bits per heavy atom. The monoisotopic (exact) mass is 501 g/mol. The van der Waals surface area contributed by atoms with Gasteiger partial charge in [-0.2, -0.15) is 0 Å². The predicted molar refractivity (Wildman–Crippen MR) is 122 cm³/mol. The van der Waals surface area contributed by atoms with Crippen molar-refractivity contribution >= 4 is 35.8 Å². The molecule has 8 heteroatoms. The van der Waals surface area contributed by atoms with Crippen molar-refractivity contribution in [3.05, 3.63) is 35.4 Å². The Labute approximate surface area is 184 Å². The smallest absolute Gasteiger partial charge is 0.244 e. The number of aliphatic imine (C=N–C) groups is 1. The van der Waals surface area contributed by atoms with E-state index < -0.39 is 0 Å². The van der Waals surface area contributed by atoms with Gasteiger partial charge in [0.1, 0.15) is 6.54 Å². The lowest BCUT2D eigenvalue weighted by atomic mass is 10.00. The largest absolute Gasteiger partial charge is 0.379 e. The fourth-order valence-electron chi connectivity index (χ4n) is 3.45. The summed E-state index contributed by atoms with van der Waals surface area (Å²) in [6, 6.07) is 8.35. The van der Waals surface area contributed by atoms with Gasteiger partial charge in [-0.1, -0.05) is 24.3 Å². The second-order valence-corrected chi connectivity index (χ2v) is 6.91. The molecule has 2 aliphatic rings. The molecule has 1 fully saturated rings. The summed E-state index contributed by atoms with van der Waals surface area (Å²) < 4.78 is 5.37. The molecule has 1 saturated heterocycles. The predicted octanol–water partition coefficient (Wildman–Crippen LogP) is 1.08. The first-order valence-corrected chi connectivity index (χ1v) is 9.93. The van der Waals surface area contributed by atoms with Crippen LogP contribution in [0.25, 0.3) is 0 Å². The normalized spacial score (nSPS) is 17.5. The van der Waals surface area contributed by atoms with Gasteiger partial charge in [0, 0.05) is 45.8 Å². The van der Waals surface area contributed by atoms with Crippen molar-refractivity contribution < 1.29 is 9.53 Å². The van der Waals surface area contributed by atoms with Gasteiger partial charge in [0.25, 0.3) is 0 Å². The van der Waals surface area contributed by atoms with Crippen LogP contribution < -0.4 is 10.6 Å². The SMILES string of the molecule is CCNC(=NCC(=O)N1CCc2ccccc2C1)NCCN1CCOCC1.I. The third-order valence-corrected chi connectivity index (χ3v) is 5.02. The Morgan fingerprint density at radius 3 is 2.64 bits per heavy atom. The number of ether oxygens (including phenoxy) is 1. The lowest BCUT2D eigenvalue weighted by Gasteiger charge is -2.28. The summed E-state index contributed by atoms with van der Waals surface area (Å²) >= 11 is 0. The molecular formula is C20H32IN5O2. The van der Waals surface area contributed by atoms with E-state index in [0.717, 1.165) is 58.9 Å². The van der Waals surface area contributed by atoms with E-state index in [1.54, 1.807) is 0 Å². The van der Waals surface area contributed by atoms with E-state index in [-0.39, 0.29) is 36.4 Å². The summed E-state index contributed by atoms with van der Waals surface area (Å²) in [5.41, 5.74) is 2.60. The van der Waals surface area contributed by atoms with Crippen molar-refractivity contribution in [1.29, 1.82) is 0 Å². The minimum atomic E-state index is 0. The Morgan fingerprint density at radius 2 is 1.89 bits per heavy atom. The van der Waals surface area contributed by atoms with Crippen LogP contribution in [0.15, 0.2) is 29.3 Å². The van der Waals surface area contributed by atoms with Crippen LogP contribution in [0, 0.1) is 0 Å². The first kappa shape index (κ1) is 22.9. The van der Waals surface area contributed by atoms with Gasteiger partial charge in [0.2, 0.25) is 5.91 Å². The van der Waals surface area contributed by atoms with Crippen molar-refractivity contribution in [3.8, 4) is 0 Å². The zero-order chi connectivity index (χ0) is 18.9. The van der Waals surface area contributed by atoms with Crippen LogP contribution in [0.4, 0.5) is 0 Å². The second-order valence-electron chi connectivity index (χ2n) is 6.91. The highest BCUT2D eigenvalue weighted by molar-refractivity contribution is 14.0. The Hall–Kier alpha value is -1.39. The molecule has 0 spiro atoms. The number of hydrogen-bond donors (Lipinski definition) is 2. The lowest BCUT2D eigenvalue weighted by molar-refractivity contribution is -0.130. The summed E-state index contributed by atoms with van der Waals surface area (Å²) in [5.74, 6) is 0.784. The molecule has 2 N–H and O–H groups in total. The van der Waals surface area contributed by atoms with Gasteiger partial charge in [-0.05, 0) is 24.5 Å². The lowest BCUT2D eigenvalue weighted by Crippen LogP contribution is -2.45. The average molecular weight is 501 g/mol. The number of fused-ring (bicyclic) bond motifs is 1. The summed E-state index contributed by atoms with van der Waals surface area (Å²) in [6.07, 6.45) is 0.920. The van der Waals surface area contributed by atoms with Gasteiger partial charge < -0.3 is 20.3 Å². The van der Waals surface area contributed by atoms with Gasteiger partial charge >= 0.3 is 0 Å². The van der Waals surface area contributed by atoms with E-state index in [1.165, 1.54) is 11.1 Å². The van der Waals surface area contributed by atoms with E-state index in [0.29, 0.717) is 12.5 Å². The van der Waals surface area contributed by atoms with Crippen molar-refractivity contribution in [3.63, 3.8) is 0 Å². The number of rotatable bonds is 6. The van der Waals surface area contributed by atoms with Crippen molar-refractivity contribution in [2.75, 3.05) is 59.0 Å². The fourth-order valence-corrected chi connectivity index (χ4v) is 3.45. The molecule has 1 aromatic rings.